The van der Waals surface area contributed by atoms with Gasteiger partial charge in [0.25, 0.3) is 0 Å². The Morgan fingerprint density at radius 2 is 1.44 bits per heavy atom. The molecule has 45 heavy (non-hydrogen) atoms. The quantitative estimate of drug-likeness (QED) is 0.188. The molecular formula is C33H46O12. The third-order valence-electron chi connectivity index (χ3n) is 15.0. The van der Waals surface area contributed by atoms with Crippen LogP contribution < -0.4 is 0 Å². The smallest absolute Gasteiger partial charge is 0.341 e. The van der Waals surface area contributed by atoms with Gasteiger partial charge in [0, 0.05) is 30.6 Å². The van der Waals surface area contributed by atoms with Crippen molar-refractivity contribution in [3.63, 3.8) is 0 Å². The SMILES string of the molecule is CC(=O)O[C@H]1[C@@H](C)[C@H]2[C@@H]([C@@H](O)[C@@H](O)[C@H]3C[C@@H]4O[C@@H]4[C@H](OC(C)=O)[C@]23C)[C@@H]2[C@@H](O)[C@@H]3[C@H]([C@H](C)[C@@H]4O[C@]45OC(=O)[C@@](C)(O)[C@]35C)[C@]21C. The van der Waals surface area contributed by atoms with E-state index in [-0.39, 0.29) is 18.1 Å². The highest BCUT2D eigenvalue weighted by Gasteiger charge is 2.92. The molecule has 0 aromatic rings. The van der Waals surface area contributed by atoms with E-state index in [0.717, 1.165) is 0 Å². The molecule has 3 saturated heterocycles. The maximum Gasteiger partial charge on any atom is 0.341 e. The summed E-state index contributed by atoms with van der Waals surface area (Å²) in [4.78, 5) is 38.6. The first-order valence-electron chi connectivity index (χ1n) is 16.5. The summed E-state index contributed by atoms with van der Waals surface area (Å²) in [6, 6.07) is 0. The fourth-order valence-corrected chi connectivity index (χ4v) is 13.4. The molecule has 0 amide bonds. The molecule has 3 heterocycles. The zero-order valence-corrected chi connectivity index (χ0v) is 27.0. The van der Waals surface area contributed by atoms with Gasteiger partial charge in [-0.15, -0.1) is 0 Å². The molecular weight excluding hydrogens is 588 g/mol. The Hall–Kier alpha value is -1.83. The molecule has 8 rings (SSSR count). The standard InChI is InChI=1S/C33H46O12/c1-10-17-16(22(37)21(36)14-9-15-24(43-15)27(29(14,17)5)42-13(4)35)19-23(38)20-18(30(19,6)25(10)41-12(3)34)11(2)26-33(44-26)31(20,7)32(8,40)28(39)45-33/h10-11,14-27,36-38,40H,9H2,1-8H3/t10-,11-,14+,15-,16+,17-,18-,19+,20-,21-,22+,23+,24-,25-,26-,27-,29-,30+,31-,32+,33-/m0/s1. The van der Waals surface area contributed by atoms with E-state index in [1.54, 1.807) is 6.92 Å². The Balaban J connectivity index is 1.34. The first kappa shape index (κ1) is 30.5. The van der Waals surface area contributed by atoms with Crippen molar-refractivity contribution in [2.75, 3.05) is 0 Å². The molecule has 21 atom stereocenters. The first-order chi connectivity index (χ1) is 20.8. The van der Waals surface area contributed by atoms with E-state index in [1.807, 2.05) is 27.7 Å². The number of aliphatic hydroxyl groups is 4. The Kier molecular flexibility index (Phi) is 5.83. The summed E-state index contributed by atoms with van der Waals surface area (Å²) in [5, 5.41) is 48.6. The molecule has 5 saturated carbocycles. The van der Waals surface area contributed by atoms with Gasteiger partial charge in [0.15, 0.2) is 5.60 Å². The van der Waals surface area contributed by atoms with Crippen molar-refractivity contribution in [3.05, 3.63) is 0 Å². The molecule has 12 heteroatoms. The Morgan fingerprint density at radius 1 is 0.822 bits per heavy atom. The second-order valence-electron chi connectivity index (χ2n) is 16.5. The highest BCUT2D eigenvalue weighted by atomic mass is 16.8. The lowest BCUT2D eigenvalue weighted by molar-refractivity contribution is -0.284. The predicted octanol–water partition coefficient (Wildman–Crippen LogP) is 0.549. The lowest BCUT2D eigenvalue weighted by atomic mass is 9.39. The molecule has 4 N–H and O–H groups in total. The van der Waals surface area contributed by atoms with Crippen LogP contribution in [0, 0.1) is 63.6 Å². The number of epoxide rings is 2. The zero-order valence-electron chi connectivity index (χ0n) is 27.0. The number of rotatable bonds is 2. The van der Waals surface area contributed by atoms with Crippen LogP contribution in [-0.2, 0) is 38.1 Å². The van der Waals surface area contributed by atoms with Crippen molar-refractivity contribution in [2.45, 2.75) is 122 Å². The molecule has 8 aliphatic rings. The van der Waals surface area contributed by atoms with E-state index >= 15 is 0 Å². The average molecular weight is 635 g/mol. The van der Waals surface area contributed by atoms with Crippen LogP contribution >= 0.6 is 0 Å². The lowest BCUT2D eigenvalue weighted by Gasteiger charge is -2.67. The molecule has 0 bridgehead atoms. The zero-order chi connectivity index (χ0) is 32.7. The van der Waals surface area contributed by atoms with Gasteiger partial charge in [-0.05, 0) is 61.7 Å². The van der Waals surface area contributed by atoms with Gasteiger partial charge >= 0.3 is 17.9 Å². The van der Waals surface area contributed by atoms with Crippen LogP contribution in [0.5, 0.6) is 0 Å². The van der Waals surface area contributed by atoms with Crippen molar-refractivity contribution < 1.29 is 58.5 Å². The Bertz CT molecular complexity index is 1380. The summed E-state index contributed by atoms with van der Waals surface area (Å²) < 4.78 is 30.2. The molecule has 0 radical (unpaired) electrons. The number of hydrogen-bond donors (Lipinski definition) is 4. The molecule has 0 unspecified atom stereocenters. The van der Waals surface area contributed by atoms with Crippen molar-refractivity contribution in [2.24, 2.45) is 63.6 Å². The van der Waals surface area contributed by atoms with Gasteiger partial charge in [0.05, 0.1) is 29.8 Å². The highest BCUT2D eigenvalue weighted by Crippen LogP contribution is 2.81. The summed E-state index contributed by atoms with van der Waals surface area (Å²) in [7, 11) is 0. The van der Waals surface area contributed by atoms with Gasteiger partial charge in [-0.25, -0.2) is 4.79 Å². The maximum absolute atomic E-state index is 13.2. The van der Waals surface area contributed by atoms with Crippen molar-refractivity contribution in [1.82, 2.24) is 0 Å². The molecule has 1 spiro atoms. The first-order valence-corrected chi connectivity index (χ1v) is 16.5. The van der Waals surface area contributed by atoms with E-state index < -0.39 is 124 Å². The summed E-state index contributed by atoms with van der Waals surface area (Å²) in [6.45, 7) is 13.7. The number of esters is 3. The van der Waals surface area contributed by atoms with E-state index in [0.29, 0.717) is 6.42 Å². The molecule has 0 aromatic heterocycles. The van der Waals surface area contributed by atoms with Crippen LogP contribution in [0.4, 0.5) is 0 Å². The molecule has 12 nitrogen and oxygen atoms in total. The van der Waals surface area contributed by atoms with E-state index in [9.17, 15) is 34.8 Å². The van der Waals surface area contributed by atoms with Crippen LogP contribution in [0.15, 0.2) is 0 Å². The second-order valence-corrected chi connectivity index (χ2v) is 16.5. The lowest BCUT2D eigenvalue weighted by Crippen LogP contribution is -2.73. The molecule has 250 valence electrons. The fraction of sp³-hybridized carbons (Fsp3) is 0.909. The van der Waals surface area contributed by atoms with E-state index in [1.165, 1.54) is 20.8 Å². The summed E-state index contributed by atoms with van der Waals surface area (Å²) in [6.07, 6.45) is -5.79. The van der Waals surface area contributed by atoms with Crippen molar-refractivity contribution >= 4 is 17.9 Å². The van der Waals surface area contributed by atoms with Crippen LogP contribution in [0.1, 0.15) is 61.8 Å². The topological polar surface area (TPSA) is 185 Å². The number of aliphatic hydroxyl groups excluding tert-OH is 3. The summed E-state index contributed by atoms with van der Waals surface area (Å²) >= 11 is 0. The van der Waals surface area contributed by atoms with Crippen molar-refractivity contribution in [1.29, 1.82) is 0 Å². The number of ether oxygens (including phenoxy) is 5. The van der Waals surface area contributed by atoms with Crippen LogP contribution in [0.3, 0.4) is 0 Å². The van der Waals surface area contributed by atoms with Gasteiger partial charge in [0.2, 0.25) is 5.79 Å². The molecule has 0 aromatic carbocycles. The minimum atomic E-state index is -2.00. The van der Waals surface area contributed by atoms with Crippen LogP contribution in [-0.4, -0.2) is 98.6 Å². The minimum Gasteiger partial charge on any atom is -0.462 e. The number of carbonyl (C=O) groups is 3. The highest BCUT2D eigenvalue weighted by molar-refractivity contribution is 5.84. The number of hydrogen-bond acceptors (Lipinski definition) is 12. The molecule has 8 fully saturated rings. The van der Waals surface area contributed by atoms with Crippen LogP contribution in [0.2, 0.25) is 0 Å². The third-order valence-corrected chi connectivity index (χ3v) is 15.0. The normalized spacial score (nSPS) is 64.6. The predicted molar refractivity (Wildman–Crippen MR) is 150 cm³/mol. The van der Waals surface area contributed by atoms with E-state index in [4.69, 9.17) is 23.7 Å². The Labute approximate surface area is 262 Å². The summed E-state index contributed by atoms with van der Waals surface area (Å²) in [5.41, 5.74) is -5.25. The Morgan fingerprint density at radius 3 is 2.07 bits per heavy atom. The summed E-state index contributed by atoms with van der Waals surface area (Å²) in [5.74, 6) is -7.51. The third kappa shape index (κ3) is 3.10. The number of carbonyl (C=O) groups excluding carboxylic acids is 3. The second kappa shape index (κ2) is 8.60. The largest absolute Gasteiger partial charge is 0.462 e. The van der Waals surface area contributed by atoms with Gasteiger partial charge in [0.1, 0.15) is 24.4 Å². The maximum atomic E-state index is 13.2. The van der Waals surface area contributed by atoms with Gasteiger partial charge in [-0.2, -0.15) is 0 Å². The van der Waals surface area contributed by atoms with Crippen molar-refractivity contribution in [3.8, 4) is 0 Å². The minimum absolute atomic E-state index is 0.204. The monoisotopic (exact) mass is 634 g/mol. The fourth-order valence-electron chi connectivity index (χ4n) is 13.4. The molecule has 3 aliphatic heterocycles. The van der Waals surface area contributed by atoms with E-state index in [2.05, 4.69) is 0 Å². The van der Waals surface area contributed by atoms with Gasteiger partial charge in [-0.3, -0.25) is 9.59 Å². The average Bonchev–Trinajstić information content (AvgIpc) is 3.84. The van der Waals surface area contributed by atoms with Crippen LogP contribution in [0.25, 0.3) is 0 Å². The molecule has 5 aliphatic carbocycles. The van der Waals surface area contributed by atoms with Gasteiger partial charge < -0.3 is 44.1 Å². The number of fused-ring (bicyclic) bond motifs is 9. The van der Waals surface area contributed by atoms with Gasteiger partial charge in [-0.1, -0.05) is 27.7 Å².